The van der Waals surface area contributed by atoms with Gasteiger partial charge in [0, 0.05) is 11.3 Å². The van der Waals surface area contributed by atoms with Crippen LogP contribution in [0, 0.1) is 0 Å². The van der Waals surface area contributed by atoms with Crippen LogP contribution in [0.2, 0.25) is 0 Å². The van der Waals surface area contributed by atoms with E-state index in [1.807, 2.05) is 12.1 Å². The average molecular weight is 234 g/mol. The third kappa shape index (κ3) is 2.73. The Labute approximate surface area is 77.5 Å². The van der Waals surface area contributed by atoms with E-state index in [1.54, 1.807) is 11.3 Å². The van der Waals surface area contributed by atoms with Gasteiger partial charge in [0.05, 0.1) is 9.83 Å². The summed E-state index contributed by atoms with van der Waals surface area (Å²) in [6.45, 7) is 0. The lowest BCUT2D eigenvalue weighted by atomic mass is 10.2. The largest absolute Gasteiger partial charge is 0.321 e. The summed E-state index contributed by atoms with van der Waals surface area (Å²) in [6, 6.07) is 3.57. The van der Waals surface area contributed by atoms with Gasteiger partial charge in [0.25, 0.3) is 0 Å². The first-order chi connectivity index (χ1) is 5.22. The minimum absolute atomic E-state index is 0.361. The number of halogens is 1. The fourth-order valence-corrected chi connectivity index (χ4v) is 2.30. The highest BCUT2D eigenvalue weighted by atomic mass is 79.9. The summed E-state index contributed by atoms with van der Waals surface area (Å²) in [5, 5.41) is 0. The van der Waals surface area contributed by atoms with E-state index in [4.69, 9.17) is 5.73 Å². The molecule has 4 heteroatoms. The normalized spacial score (nSPS) is 12.9. The van der Waals surface area contributed by atoms with Crippen molar-refractivity contribution in [3.05, 3.63) is 20.8 Å². The number of carbonyl (C=O) groups is 1. The Morgan fingerprint density at radius 1 is 1.73 bits per heavy atom. The zero-order valence-corrected chi connectivity index (χ0v) is 8.19. The van der Waals surface area contributed by atoms with Gasteiger partial charge in [-0.1, -0.05) is 0 Å². The van der Waals surface area contributed by atoms with Crippen molar-refractivity contribution in [3.63, 3.8) is 0 Å². The van der Waals surface area contributed by atoms with Gasteiger partial charge >= 0.3 is 0 Å². The van der Waals surface area contributed by atoms with E-state index in [0.29, 0.717) is 6.42 Å². The standard InChI is InChI=1S/C7H8BrNOS/c8-7-2-1-6(11-7)3-5(9)4-10/h1-2,4-5H,3,9H2. The molecule has 0 aliphatic rings. The van der Waals surface area contributed by atoms with Crippen LogP contribution in [0.4, 0.5) is 0 Å². The first-order valence-electron chi connectivity index (χ1n) is 3.17. The fourth-order valence-electron chi connectivity index (χ4n) is 0.742. The second kappa shape index (κ2) is 3.99. The summed E-state index contributed by atoms with van der Waals surface area (Å²) in [5.74, 6) is 0. The van der Waals surface area contributed by atoms with E-state index < -0.39 is 0 Å². The summed E-state index contributed by atoms with van der Waals surface area (Å²) < 4.78 is 1.07. The quantitative estimate of drug-likeness (QED) is 0.807. The Morgan fingerprint density at radius 2 is 2.45 bits per heavy atom. The highest BCUT2D eigenvalue weighted by molar-refractivity contribution is 9.11. The van der Waals surface area contributed by atoms with Gasteiger partial charge in [-0.2, -0.15) is 0 Å². The van der Waals surface area contributed by atoms with E-state index in [2.05, 4.69) is 15.9 Å². The third-order valence-corrected chi connectivity index (χ3v) is 2.89. The van der Waals surface area contributed by atoms with Gasteiger partial charge in [0.1, 0.15) is 6.29 Å². The van der Waals surface area contributed by atoms with Crippen molar-refractivity contribution < 1.29 is 4.79 Å². The Kier molecular flexibility index (Phi) is 3.23. The minimum Gasteiger partial charge on any atom is -0.321 e. The van der Waals surface area contributed by atoms with Crippen molar-refractivity contribution in [3.8, 4) is 0 Å². The summed E-state index contributed by atoms with van der Waals surface area (Å²) >= 11 is 4.94. The van der Waals surface area contributed by atoms with E-state index in [9.17, 15) is 4.79 Å². The van der Waals surface area contributed by atoms with E-state index in [-0.39, 0.29) is 6.04 Å². The van der Waals surface area contributed by atoms with Crippen LogP contribution in [-0.2, 0) is 11.2 Å². The summed E-state index contributed by atoms with van der Waals surface area (Å²) in [7, 11) is 0. The van der Waals surface area contributed by atoms with Crippen LogP contribution in [0.1, 0.15) is 4.88 Å². The Balaban J connectivity index is 2.57. The first-order valence-corrected chi connectivity index (χ1v) is 4.78. The second-order valence-electron chi connectivity index (χ2n) is 2.21. The van der Waals surface area contributed by atoms with Gasteiger partial charge in [-0.3, -0.25) is 0 Å². The molecule has 0 radical (unpaired) electrons. The van der Waals surface area contributed by atoms with Crippen LogP contribution in [0.5, 0.6) is 0 Å². The van der Waals surface area contributed by atoms with Gasteiger partial charge in [0.2, 0.25) is 0 Å². The number of hydrogen-bond donors (Lipinski definition) is 1. The predicted octanol–water partition coefficient (Wildman–Crippen LogP) is 1.58. The molecule has 1 heterocycles. The number of nitrogens with two attached hydrogens (primary N) is 1. The van der Waals surface area contributed by atoms with Gasteiger partial charge in [-0.15, -0.1) is 11.3 Å². The number of carbonyl (C=O) groups excluding carboxylic acids is 1. The molecule has 0 aliphatic heterocycles. The smallest absolute Gasteiger partial charge is 0.137 e. The molecule has 1 atom stereocenters. The summed E-state index contributed by atoms with van der Waals surface area (Å²) in [6.07, 6.45) is 1.41. The molecule has 0 saturated heterocycles. The van der Waals surface area contributed by atoms with Gasteiger partial charge < -0.3 is 10.5 Å². The van der Waals surface area contributed by atoms with Crippen molar-refractivity contribution in [2.75, 3.05) is 0 Å². The third-order valence-electron chi connectivity index (χ3n) is 1.24. The zero-order valence-electron chi connectivity index (χ0n) is 5.79. The summed E-state index contributed by atoms with van der Waals surface area (Å²) in [5.41, 5.74) is 5.44. The van der Waals surface area contributed by atoms with E-state index in [1.165, 1.54) is 0 Å². The number of aldehydes is 1. The van der Waals surface area contributed by atoms with E-state index in [0.717, 1.165) is 14.9 Å². The molecule has 0 saturated carbocycles. The van der Waals surface area contributed by atoms with Crippen molar-refractivity contribution in [1.29, 1.82) is 0 Å². The molecule has 2 N–H and O–H groups in total. The van der Waals surface area contributed by atoms with Crippen LogP contribution in [0.15, 0.2) is 15.9 Å². The molecule has 2 nitrogen and oxygen atoms in total. The Morgan fingerprint density at radius 3 is 2.91 bits per heavy atom. The maximum atomic E-state index is 10.2. The van der Waals surface area contributed by atoms with E-state index >= 15 is 0 Å². The molecular formula is C7H8BrNOS. The minimum atomic E-state index is -0.361. The highest BCUT2D eigenvalue weighted by Crippen LogP contribution is 2.22. The molecule has 1 aromatic rings. The fraction of sp³-hybridized carbons (Fsp3) is 0.286. The van der Waals surface area contributed by atoms with Crippen LogP contribution in [0.25, 0.3) is 0 Å². The molecular weight excluding hydrogens is 226 g/mol. The molecule has 0 aliphatic carbocycles. The van der Waals surface area contributed by atoms with Crippen molar-refractivity contribution in [2.24, 2.45) is 5.73 Å². The van der Waals surface area contributed by atoms with Crippen molar-refractivity contribution >= 4 is 33.6 Å². The maximum absolute atomic E-state index is 10.2. The molecule has 60 valence electrons. The predicted molar refractivity (Wildman–Crippen MR) is 49.8 cm³/mol. The van der Waals surface area contributed by atoms with Crippen molar-refractivity contribution in [2.45, 2.75) is 12.5 Å². The van der Waals surface area contributed by atoms with Crippen molar-refractivity contribution in [1.82, 2.24) is 0 Å². The second-order valence-corrected chi connectivity index (χ2v) is 4.76. The van der Waals surface area contributed by atoms with Gasteiger partial charge in [-0.05, 0) is 28.1 Å². The lowest BCUT2D eigenvalue weighted by Gasteiger charge is -1.98. The molecule has 0 fully saturated rings. The first kappa shape index (κ1) is 8.90. The summed E-state index contributed by atoms with van der Waals surface area (Å²) in [4.78, 5) is 11.3. The molecule has 1 rings (SSSR count). The Hall–Kier alpha value is -0.190. The van der Waals surface area contributed by atoms with Crippen LogP contribution < -0.4 is 5.73 Å². The van der Waals surface area contributed by atoms with Crippen LogP contribution in [0.3, 0.4) is 0 Å². The molecule has 11 heavy (non-hydrogen) atoms. The van der Waals surface area contributed by atoms with Gasteiger partial charge in [0.15, 0.2) is 0 Å². The molecule has 0 aromatic carbocycles. The molecule has 1 unspecified atom stereocenters. The topological polar surface area (TPSA) is 43.1 Å². The zero-order chi connectivity index (χ0) is 8.27. The monoisotopic (exact) mass is 233 g/mol. The lowest BCUT2D eigenvalue weighted by molar-refractivity contribution is -0.108. The molecule has 0 spiro atoms. The average Bonchev–Trinajstić information content (AvgIpc) is 2.35. The molecule has 0 bridgehead atoms. The number of hydrogen-bond acceptors (Lipinski definition) is 3. The number of rotatable bonds is 3. The van der Waals surface area contributed by atoms with Crippen LogP contribution in [-0.4, -0.2) is 12.3 Å². The SMILES string of the molecule is NC(C=O)Cc1ccc(Br)s1. The highest BCUT2D eigenvalue weighted by Gasteiger charge is 2.03. The molecule has 0 amide bonds. The molecule has 1 aromatic heterocycles. The number of thiophene rings is 1. The lowest BCUT2D eigenvalue weighted by Crippen LogP contribution is -2.23. The maximum Gasteiger partial charge on any atom is 0.137 e. The Bertz CT molecular complexity index is 248. The van der Waals surface area contributed by atoms with Gasteiger partial charge in [-0.25, -0.2) is 0 Å². The van der Waals surface area contributed by atoms with Crippen LogP contribution >= 0.6 is 27.3 Å².